The van der Waals surface area contributed by atoms with Crippen LogP contribution in [-0.2, 0) is 11.8 Å². The molecule has 4 rings (SSSR count). The van der Waals surface area contributed by atoms with Crippen LogP contribution < -0.4 is 10.1 Å². The molecule has 1 saturated carbocycles. The molecule has 0 radical (unpaired) electrons. The minimum absolute atomic E-state index is 0.260. The van der Waals surface area contributed by atoms with Crippen LogP contribution in [0.2, 0.25) is 0 Å². The summed E-state index contributed by atoms with van der Waals surface area (Å²) in [6.45, 7) is 1.88. The zero-order chi connectivity index (χ0) is 19.3. The lowest BCUT2D eigenvalue weighted by molar-refractivity contribution is -0.117. The van der Waals surface area contributed by atoms with E-state index in [0.717, 1.165) is 16.5 Å². The van der Waals surface area contributed by atoms with Crippen molar-refractivity contribution >= 4 is 22.6 Å². The minimum atomic E-state index is -1.06. The van der Waals surface area contributed by atoms with Crippen LogP contribution in [0.3, 0.4) is 0 Å². The van der Waals surface area contributed by atoms with Crippen LogP contribution in [0.25, 0.3) is 22.2 Å². The average molecular weight is 371 g/mol. The maximum absolute atomic E-state index is 14.6. The van der Waals surface area contributed by atoms with Gasteiger partial charge in [-0.3, -0.25) is 4.79 Å². The molecule has 0 spiro atoms. The van der Waals surface area contributed by atoms with Gasteiger partial charge in [-0.1, -0.05) is 6.07 Å². The lowest BCUT2D eigenvalue weighted by Crippen LogP contribution is -2.15. The molecule has 5 nitrogen and oxygen atoms in total. The first-order valence-electron chi connectivity index (χ1n) is 8.65. The first kappa shape index (κ1) is 17.5. The Kier molecular flexibility index (Phi) is 4.09. The van der Waals surface area contributed by atoms with Gasteiger partial charge in [0.15, 0.2) is 0 Å². The molecule has 2 atom stereocenters. The first-order valence-corrected chi connectivity index (χ1v) is 8.65. The zero-order valence-corrected chi connectivity index (χ0v) is 15.2. The number of ether oxygens (including phenoxy) is 1. The minimum Gasteiger partial charge on any atom is -0.496 e. The van der Waals surface area contributed by atoms with Gasteiger partial charge in [-0.2, -0.15) is 0 Å². The number of amides is 1. The Morgan fingerprint density at radius 3 is 2.81 bits per heavy atom. The number of carbonyl (C=O) groups excluding carboxylic acids is 1. The molecule has 2 aromatic heterocycles. The van der Waals surface area contributed by atoms with Gasteiger partial charge in [0.05, 0.1) is 36.0 Å². The number of hydrogen-bond donors (Lipinski definition) is 1. The fourth-order valence-electron chi connectivity index (χ4n) is 3.50. The van der Waals surface area contributed by atoms with Crippen LogP contribution in [0.5, 0.6) is 5.75 Å². The highest BCUT2D eigenvalue weighted by atomic mass is 19.1. The molecule has 1 aromatic carbocycles. The second-order valence-electron chi connectivity index (χ2n) is 6.78. The molecule has 1 N–H and O–H groups in total. The molecule has 2 heterocycles. The summed E-state index contributed by atoms with van der Waals surface area (Å²) in [4.78, 5) is 16.2. The van der Waals surface area contributed by atoms with Gasteiger partial charge in [0.2, 0.25) is 5.91 Å². The van der Waals surface area contributed by atoms with E-state index in [9.17, 15) is 13.6 Å². The number of nitrogens with zero attached hydrogens (tertiary/aromatic N) is 2. The Morgan fingerprint density at radius 2 is 2.15 bits per heavy atom. The number of benzene rings is 1. The Labute approximate surface area is 155 Å². The number of carbonyl (C=O) groups is 1. The van der Waals surface area contributed by atoms with Crippen molar-refractivity contribution < 1.29 is 18.3 Å². The number of rotatable bonds is 4. The molecule has 0 bridgehead atoms. The van der Waals surface area contributed by atoms with E-state index < -0.39 is 12.1 Å². The van der Waals surface area contributed by atoms with Crippen molar-refractivity contribution in [1.29, 1.82) is 0 Å². The fourth-order valence-corrected chi connectivity index (χ4v) is 3.50. The maximum Gasteiger partial charge on any atom is 0.231 e. The highest BCUT2D eigenvalue weighted by Gasteiger charge is 2.43. The van der Waals surface area contributed by atoms with Gasteiger partial charge in [-0.15, -0.1) is 0 Å². The number of alkyl halides is 1. The van der Waals surface area contributed by atoms with Crippen LogP contribution in [0.1, 0.15) is 12.0 Å². The van der Waals surface area contributed by atoms with Crippen LogP contribution in [-0.4, -0.2) is 28.7 Å². The van der Waals surface area contributed by atoms with E-state index in [4.69, 9.17) is 4.74 Å². The summed E-state index contributed by atoms with van der Waals surface area (Å²) >= 11 is 0. The zero-order valence-electron chi connectivity index (χ0n) is 15.2. The third-order valence-electron chi connectivity index (χ3n) is 5.07. The lowest BCUT2D eigenvalue weighted by Gasteiger charge is -2.12. The number of fused-ring (bicyclic) bond motifs is 1. The summed E-state index contributed by atoms with van der Waals surface area (Å²) in [5.74, 6) is -0.537. The lowest BCUT2D eigenvalue weighted by atomic mass is 10.0. The van der Waals surface area contributed by atoms with Crippen LogP contribution in [0.4, 0.5) is 14.6 Å². The smallest absolute Gasteiger partial charge is 0.231 e. The summed E-state index contributed by atoms with van der Waals surface area (Å²) in [5, 5.41) is 3.49. The Hall–Kier alpha value is -2.96. The molecule has 27 heavy (non-hydrogen) atoms. The molecule has 1 fully saturated rings. The average Bonchev–Trinajstić information content (AvgIpc) is 3.34. The summed E-state index contributed by atoms with van der Waals surface area (Å²) in [5.41, 5.74) is 2.68. The Bertz CT molecular complexity index is 1060. The Balaban J connectivity index is 1.81. The molecule has 0 saturated heterocycles. The number of halogens is 2. The molecule has 140 valence electrons. The molecule has 7 heteroatoms. The van der Waals surface area contributed by atoms with E-state index in [2.05, 4.69) is 10.3 Å². The van der Waals surface area contributed by atoms with Crippen LogP contribution in [0.15, 0.2) is 30.5 Å². The number of methoxy groups -OCH3 is 1. The summed E-state index contributed by atoms with van der Waals surface area (Å²) in [6, 6.07) is 6.43. The summed E-state index contributed by atoms with van der Waals surface area (Å²) < 4.78 is 34.9. The van der Waals surface area contributed by atoms with Crippen LogP contribution in [0, 0.1) is 18.7 Å². The number of nitrogens with one attached hydrogen (secondary N) is 1. The SMILES string of the molecule is COc1cccc(F)c1-c1c(C)c2cc(NC(=O)[C@H]3C[C@H]3F)ncc2n1C. The Morgan fingerprint density at radius 1 is 1.41 bits per heavy atom. The molecular formula is C20H19F2N3O2. The van der Waals surface area contributed by atoms with E-state index >= 15 is 0 Å². The van der Waals surface area contributed by atoms with Gasteiger partial charge in [0.25, 0.3) is 0 Å². The predicted molar refractivity (Wildman–Crippen MR) is 99.0 cm³/mol. The van der Waals surface area contributed by atoms with Gasteiger partial charge in [0, 0.05) is 12.4 Å². The van der Waals surface area contributed by atoms with Crippen molar-refractivity contribution in [3.63, 3.8) is 0 Å². The summed E-state index contributed by atoms with van der Waals surface area (Å²) in [6.07, 6.45) is 0.817. The molecular weight excluding hydrogens is 352 g/mol. The van der Waals surface area contributed by atoms with Gasteiger partial charge >= 0.3 is 0 Å². The van der Waals surface area contributed by atoms with Crippen LogP contribution >= 0.6 is 0 Å². The van der Waals surface area contributed by atoms with Gasteiger partial charge in [0.1, 0.15) is 23.6 Å². The molecule has 1 aliphatic rings. The van der Waals surface area contributed by atoms with Crippen molar-refractivity contribution in [3.8, 4) is 17.0 Å². The van der Waals surface area contributed by atoms with Crippen molar-refractivity contribution in [1.82, 2.24) is 9.55 Å². The standard InChI is InChI=1S/C20H19F2N3O2/c1-10-11-8-17(24-20(26)12-7-14(12)22)23-9-15(11)25(2)19(10)18-13(21)5-4-6-16(18)27-3/h4-6,8-9,12,14H,7H2,1-3H3,(H,23,24,26)/t12-,14+/m0/s1. The normalized spacial score (nSPS) is 18.6. The highest BCUT2D eigenvalue weighted by molar-refractivity contribution is 5.98. The number of aryl methyl sites for hydroxylation is 2. The molecule has 1 aliphatic carbocycles. The van der Waals surface area contributed by atoms with Gasteiger partial charge in [-0.25, -0.2) is 13.8 Å². The van der Waals surface area contributed by atoms with E-state index in [1.165, 1.54) is 13.2 Å². The van der Waals surface area contributed by atoms with E-state index in [1.54, 1.807) is 24.4 Å². The predicted octanol–water partition coefficient (Wildman–Crippen LogP) is 3.99. The monoisotopic (exact) mass is 371 g/mol. The number of aromatic nitrogens is 2. The highest BCUT2D eigenvalue weighted by Crippen LogP contribution is 2.39. The number of pyridine rings is 1. The summed E-state index contributed by atoms with van der Waals surface area (Å²) in [7, 11) is 3.33. The molecule has 0 unspecified atom stereocenters. The topological polar surface area (TPSA) is 56.1 Å². The third kappa shape index (κ3) is 2.83. The second kappa shape index (κ2) is 6.33. The number of hydrogen-bond acceptors (Lipinski definition) is 3. The molecule has 1 amide bonds. The number of anilines is 1. The molecule has 0 aliphatic heterocycles. The second-order valence-corrected chi connectivity index (χ2v) is 6.78. The van der Waals surface area contributed by atoms with E-state index in [-0.39, 0.29) is 18.1 Å². The van der Waals surface area contributed by atoms with E-state index in [0.29, 0.717) is 22.8 Å². The maximum atomic E-state index is 14.6. The quantitative estimate of drug-likeness (QED) is 0.754. The van der Waals surface area contributed by atoms with Gasteiger partial charge < -0.3 is 14.6 Å². The van der Waals surface area contributed by atoms with Crippen molar-refractivity contribution in [3.05, 3.63) is 41.8 Å². The largest absolute Gasteiger partial charge is 0.496 e. The van der Waals surface area contributed by atoms with Crippen molar-refractivity contribution in [2.24, 2.45) is 13.0 Å². The van der Waals surface area contributed by atoms with Crippen molar-refractivity contribution in [2.75, 3.05) is 12.4 Å². The third-order valence-corrected chi connectivity index (χ3v) is 5.07. The van der Waals surface area contributed by atoms with Crippen molar-refractivity contribution in [2.45, 2.75) is 19.5 Å². The fraction of sp³-hybridized carbons (Fsp3) is 0.300. The molecule has 3 aromatic rings. The first-order chi connectivity index (χ1) is 12.9. The van der Waals surface area contributed by atoms with Gasteiger partial charge in [-0.05, 0) is 37.1 Å². The van der Waals surface area contributed by atoms with E-state index in [1.807, 2.05) is 18.5 Å².